The van der Waals surface area contributed by atoms with E-state index in [1.165, 1.54) is 4.90 Å². The van der Waals surface area contributed by atoms with E-state index in [-0.39, 0.29) is 29.5 Å². The summed E-state index contributed by atoms with van der Waals surface area (Å²) in [6.07, 6.45) is 2.07. The van der Waals surface area contributed by atoms with Crippen molar-refractivity contribution in [1.29, 1.82) is 0 Å². The van der Waals surface area contributed by atoms with E-state index in [9.17, 15) is 19.5 Å². The van der Waals surface area contributed by atoms with E-state index >= 15 is 0 Å². The van der Waals surface area contributed by atoms with Crippen LogP contribution in [-0.2, 0) is 10.2 Å². The minimum Gasteiger partial charge on any atom is -0.481 e. The number of hydrogen-bond donors (Lipinski definition) is 2. The van der Waals surface area contributed by atoms with Crippen LogP contribution in [-0.4, -0.2) is 44.9 Å². The molecule has 130 valence electrons. The summed E-state index contributed by atoms with van der Waals surface area (Å²) < 4.78 is 0. The van der Waals surface area contributed by atoms with Crippen molar-refractivity contribution in [3.8, 4) is 0 Å². The minimum atomic E-state index is -0.851. The minimum absolute atomic E-state index is 0.00975. The Kier molecular flexibility index (Phi) is 3.97. The Labute approximate surface area is 140 Å². The van der Waals surface area contributed by atoms with Crippen molar-refractivity contribution >= 4 is 11.9 Å². The van der Waals surface area contributed by atoms with Crippen LogP contribution in [0, 0.1) is 17.8 Å². The zero-order chi connectivity index (χ0) is 17.6. The Morgan fingerprint density at radius 1 is 1.29 bits per heavy atom. The fourth-order valence-corrected chi connectivity index (χ4v) is 3.39. The monoisotopic (exact) mass is 333 g/mol. The highest BCUT2D eigenvalue weighted by atomic mass is 16.4. The van der Waals surface area contributed by atoms with Crippen LogP contribution in [0.25, 0.3) is 0 Å². The van der Waals surface area contributed by atoms with Crippen LogP contribution < -0.4 is 5.69 Å². The molecule has 7 heteroatoms. The van der Waals surface area contributed by atoms with Crippen LogP contribution >= 0.6 is 0 Å². The number of aromatic amines is 1. The second-order valence-corrected chi connectivity index (χ2v) is 7.89. The maximum atomic E-state index is 12.8. The van der Waals surface area contributed by atoms with Crippen molar-refractivity contribution in [2.24, 2.45) is 17.8 Å². The summed E-state index contributed by atoms with van der Waals surface area (Å²) in [5.41, 5.74) is -0.149. The summed E-state index contributed by atoms with van der Waals surface area (Å²) in [6.45, 7) is 6.43. The standard InChI is InChI=1S/C17H23N3O4/c1-17(2,3)13-6-12(18-16(24)19-13)14(21)20-7-10(9-4-5-9)11(8-20)15(22)23/h6,9-11H,4-5,7-8H2,1-3H3,(H,22,23)(H,18,19,24)/t10-,11+/m1/s1. The molecular formula is C17H23N3O4. The number of hydrogen-bond acceptors (Lipinski definition) is 4. The molecule has 1 saturated heterocycles. The SMILES string of the molecule is CC(C)(C)c1cc(C(=O)N2C[C@H](C(=O)O)[C@@H](C3CC3)C2)nc(=O)[nH]1. The van der Waals surface area contributed by atoms with Crippen molar-refractivity contribution in [2.75, 3.05) is 13.1 Å². The number of nitrogens with one attached hydrogen (secondary N) is 1. The highest BCUT2D eigenvalue weighted by Gasteiger charge is 2.47. The summed E-state index contributed by atoms with van der Waals surface area (Å²) >= 11 is 0. The number of carboxylic acid groups (broad SMARTS) is 1. The zero-order valence-corrected chi connectivity index (χ0v) is 14.2. The topological polar surface area (TPSA) is 103 Å². The second-order valence-electron chi connectivity index (χ2n) is 7.89. The molecule has 2 fully saturated rings. The lowest BCUT2D eigenvalue weighted by Crippen LogP contribution is -2.33. The fraction of sp³-hybridized carbons (Fsp3) is 0.647. The number of rotatable bonds is 3. The van der Waals surface area contributed by atoms with Gasteiger partial charge >= 0.3 is 11.7 Å². The lowest BCUT2D eigenvalue weighted by atomic mass is 9.91. The lowest BCUT2D eigenvalue weighted by Gasteiger charge is -2.20. The van der Waals surface area contributed by atoms with Crippen molar-refractivity contribution in [1.82, 2.24) is 14.9 Å². The molecule has 1 aromatic rings. The molecular weight excluding hydrogens is 310 g/mol. The molecule has 0 bridgehead atoms. The molecule has 2 aliphatic rings. The molecule has 7 nitrogen and oxygen atoms in total. The predicted molar refractivity (Wildman–Crippen MR) is 86.8 cm³/mol. The molecule has 0 unspecified atom stereocenters. The first-order chi connectivity index (χ1) is 11.2. The van der Waals surface area contributed by atoms with Gasteiger partial charge in [0.2, 0.25) is 0 Å². The van der Waals surface area contributed by atoms with E-state index in [0.717, 1.165) is 12.8 Å². The smallest absolute Gasteiger partial charge is 0.345 e. The summed E-state index contributed by atoms with van der Waals surface area (Å²) in [4.78, 5) is 44.0. The van der Waals surface area contributed by atoms with Gasteiger partial charge in [0.1, 0.15) is 5.69 Å². The van der Waals surface area contributed by atoms with E-state index in [2.05, 4.69) is 9.97 Å². The molecule has 1 aromatic heterocycles. The third kappa shape index (κ3) is 3.20. The molecule has 0 aromatic carbocycles. The Hall–Kier alpha value is -2.18. The Balaban J connectivity index is 1.86. The summed E-state index contributed by atoms with van der Waals surface area (Å²) in [5.74, 6) is -1.32. The number of aromatic nitrogens is 2. The normalized spacial score (nSPS) is 24.2. The summed E-state index contributed by atoms with van der Waals surface area (Å²) in [5, 5.41) is 9.42. The molecule has 3 rings (SSSR count). The van der Waals surface area contributed by atoms with Gasteiger partial charge < -0.3 is 15.0 Å². The van der Waals surface area contributed by atoms with E-state index in [1.54, 1.807) is 6.07 Å². The number of aliphatic carboxylic acids is 1. The van der Waals surface area contributed by atoms with Crippen molar-refractivity contribution < 1.29 is 14.7 Å². The van der Waals surface area contributed by atoms with Gasteiger partial charge in [-0.25, -0.2) is 4.79 Å². The van der Waals surface area contributed by atoms with E-state index in [1.807, 2.05) is 20.8 Å². The van der Waals surface area contributed by atoms with E-state index < -0.39 is 17.6 Å². The number of likely N-dealkylation sites (tertiary alicyclic amines) is 1. The van der Waals surface area contributed by atoms with Gasteiger partial charge in [-0.15, -0.1) is 0 Å². The highest BCUT2D eigenvalue weighted by Crippen LogP contribution is 2.44. The predicted octanol–water partition coefficient (Wildman–Crippen LogP) is 1.25. The molecule has 2 heterocycles. The van der Waals surface area contributed by atoms with Gasteiger partial charge in [0.25, 0.3) is 5.91 Å². The fourth-order valence-electron chi connectivity index (χ4n) is 3.39. The highest BCUT2D eigenvalue weighted by molar-refractivity contribution is 5.93. The largest absolute Gasteiger partial charge is 0.481 e. The zero-order valence-electron chi connectivity index (χ0n) is 14.2. The number of carbonyl (C=O) groups excluding carboxylic acids is 1. The number of amides is 1. The molecule has 24 heavy (non-hydrogen) atoms. The van der Waals surface area contributed by atoms with Gasteiger partial charge in [0.15, 0.2) is 0 Å². The van der Waals surface area contributed by atoms with Gasteiger partial charge in [-0.05, 0) is 30.7 Å². The van der Waals surface area contributed by atoms with Crippen LogP contribution in [0.3, 0.4) is 0 Å². The molecule has 1 aliphatic heterocycles. The third-order valence-electron chi connectivity index (χ3n) is 4.97. The van der Waals surface area contributed by atoms with Gasteiger partial charge in [-0.3, -0.25) is 9.59 Å². The summed E-state index contributed by atoms with van der Waals surface area (Å²) in [7, 11) is 0. The maximum absolute atomic E-state index is 12.8. The molecule has 2 N–H and O–H groups in total. The number of carbonyl (C=O) groups is 2. The van der Waals surface area contributed by atoms with Crippen LogP contribution in [0.2, 0.25) is 0 Å². The number of carboxylic acids is 1. The molecule has 0 radical (unpaired) electrons. The number of nitrogens with zero attached hydrogens (tertiary/aromatic N) is 2. The lowest BCUT2D eigenvalue weighted by molar-refractivity contribution is -0.142. The van der Waals surface area contributed by atoms with Crippen LogP contribution in [0.5, 0.6) is 0 Å². The molecule has 0 spiro atoms. The maximum Gasteiger partial charge on any atom is 0.345 e. The first kappa shape index (κ1) is 16.7. The molecule has 1 saturated carbocycles. The van der Waals surface area contributed by atoms with Crippen LogP contribution in [0.15, 0.2) is 10.9 Å². The van der Waals surface area contributed by atoms with Gasteiger partial charge in [-0.1, -0.05) is 20.8 Å². The van der Waals surface area contributed by atoms with E-state index in [4.69, 9.17) is 0 Å². The second kappa shape index (κ2) is 5.72. The third-order valence-corrected chi connectivity index (χ3v) is 4.97. The Morgan fingerprint density at radius 2 is 1.96 bits per heavy atom. The van der Waals surface area contributed by atoms with Crippen molar-refractivity contribution in [3.63, 3.8) is 0 Å². The van der Waals surface area contributed by atoms with Gasteiger partial charge in [0, 0.05) is 24.2 Å². The van der Waals surface area contributed by atoms with Crippen molar-refractivity contribution in [2.45, 2.75) is 39.0 Å². The first-order valence-electron chi connectivity index (χ1n) is 8.30. The quantitative estimate of drug-likeness (QED) is 0.866. The van der Waals surface area contributed by atoms with E-state index in [0.29, 0.717) is 18.2 Å². The molecule has 1 aliphatic carbocycles. The van der Waals surface area contributed by atoms with Gasteiger partial charge in [-0.2, -0.15) is 4.98 Å². The van der Waals surface area contributed by atoms with Crippen LogP contribution in [0.4, 0.5) is 0 Å². The van der Waals surface area contributed by atoms with Crippen LogP contribution in [0.1, 0.15) is 49.8 Å². The Bertz CT molecular complexity index is 730. The number of H-pyrrole nitrogens is 1. The van der Waals surface area contributed by atoms with Crippen molar-refractivity contribution in [3.05, 3.63) is 27.9 Å². The Morgan fingerprint density at radius 3 is 2.50 bits per heavy atom. The first-order valence-corrected chi connectivity index (χ1v) is 8.30. The van der Waals surface area contributed by atoms with Gasteiger partial charge in [0.05, 0.1) is 5.92 Å². The average molecular weight is 333 g/mol. The average Bonchev–Trinajstić information content (AvgIpc) is 3.23. The summed E-state index contributed by atoms with van der Waals surface area (Å²) in [6, 6.07) is 1.60. The molecule has 1 amide bonds. The molecule has 2 atom stereocenters.